The Morgan fingerprint density at radius 3 is 2.39 bits per heavy atom. The largest absolute Gasteiger partial charge is 0.346 e. The first-order valence-electron chi connectivity index (χ1n) is 11.0. The van der Waals surface area contributed by atoms with Gasteiger partial charge in [0.15, 0.2) is 0 Å². The van der Waals surface area contributed by atoms with Gasteiger partial charge >= 0.3 is 0 Å². The van der Waals surface area contributed by atoms with Crippen LogP contribution in [-0.4, -0.2) is 32.3 Å². The second kappa shape index (κ2) is 10.2. The molecule has 0 radical (unpaired) electrons. The molecule has 6 heteroatoms. The van der Waals surface area contributed by atoms with Crippen molar-refractivity contribution in [1.82, 2.24) is 19.8 Å². The van der Waals surface area contributed by atoms with Gasteiger partial charge in [0.25, 0.3) is 0 Å². The number of aromatic nitrogens is 2. The van der Waals surface area contributed by atoms with E-state index in [0.29, 0.717) is 18.8 Å². The monoisotopic (exact) mass is 420 g/mol. The van der Waals surface area contributed by atoms with E-state index in [0.717, 1.165) is 23.0 Å². The van der Waals surface area contributed by atoms with Crippen molar-refractivity contribution in [2.24, 2.45) is 0 Å². The number of para-hydroxylation sites is 2. The normalized spacial score (nSPS) is 12.2. The van der Waals surface area contributed by atoms with Gasteiger partial charge in [-0.1, -0.05) is 49.4 Å². The summed E-state index contributed by atoms with van der Waals surface area (Å²) in [7, 11) is 0. The van der Waals surface area contributed by atoms with E-state index in [1.165, 1.54) is 0 Å². The number of hydrogen-bond acceptors (Lipinski definition) is 3. The summed E-state index contributed by atoms with van der Waals surface area (Å²) in [5.41, 5.74) is 2.81. The van der Waals surface area contributed by atoms with Crippen molar-refractivity contribution < 1.29 is 9.59 Å². The topological polar surface area (TPSA) is 67.2 Å². The molecule has 164 valence electrons. The van der Waals surface area contributed by atoms with Crippen LogP contribution in [0.5, 0.6) is 0 Å². The van der Waals surface area contributed by atoms with Crippen molar-refractivity contribution in [3.05, 3.63) is 66.0 Å². The first-order chi connectivity index (χ1) is 14.9. The average Bonchev–Trinajstić information content (AvgIpc) is 3.11. The average molecular weight is 421 g/mol. The van der Waals surface area contributed by atoms with Gasteiger partial charge in [0.2, 0.25) is 11.8 Å². The molecule has 2 aromatic carbocycles. The van der Waals surface area contributed by atoms with E-state index in [9.17, 15) is 9.59 Å². The van der Waals surface area contributed by atoms with Gasteiger partial charge in [-0.2, -0.15) is 0 Å². The lowest BCUT2D eigenvalue weighted by atomic mass is 10.2. The molecule has 0 bridgehead atoms. The summed E-state index contributed by atoms with van der Waals surface area (Å²) in [6.07, 6.45) is 1.26. The van der Waals surface area contributed by atoms with E-state index in [1.807, 2.05) is 91.8 Å². The lowest BCUT2D eigenvalue weighted by Gasteiger charge is -2.28. The van der Waals surface area contributed by atoms with Gasteiger partial charge < -0.3 is 14.8 Å². The zero-order chi connectivity index (χ0) is 22.4. The van der Waals surface area contributed by atoms with Gasteiger partial charge in [-0.05, 0) is 44.9 Å². The Morgan fingerprint density at radius 1 is 1.03 bits per heavy atom. The minimum atomic E-state index is -0.291. The Kier molecular flexibility index (Phi) is 7.45. The standard InChI is InChI=1S/C25H32N4O2/c1-5-11-23(30)26-19(4)25-27-21-14-9-10-15-22(21)29(25)17-24(31)28(18(2)3)16-20-12-7-6-8-13-20/h6-10,12-15,18-19H,5,11,16-17H2,1-4H3,(H,26,30). The predicted molar refractivity (Wildman–Crippen MR) is 123 cm³/mol. The zero-order valence-corrected chi connectivity index (χ0v) is 18.8. The van der Waals surface area contributed by atoms with Crippen LogP contribution in [0.25, 0.3) is 11.0 Å². The van der Waals surface area contributed by atoms with Crippen molar-refractivity contribution in [2.75, 3.05) is 0 Å². The van der Waals surface area contributed by atoms with E-state index in [1.54, 1.807) is 0 Å². The van der Waals surface area contributed by atoms with Gasteiger partial charge in [0.05, 0.1) is 17.1 Å². The van der Waals surface area contributed by atoms with Crippen LogP contribution < -0.4 is 5.32 Å². The number of benzene rings is 2. The highest BCUT2D eigenvalue weighted by atomic mass is 16.2. The fourth-order valence-corrected chi connectivity index (χ4v) is 3.76. The second-order valence-corrected chi connectivity index (χ2v) is 8.19. The molecule has 1 heterocycles. The predicted octanol–water partition coefficient (Wildman–Crippen LogP) is 4.45. The molecule has 0 aliphatic rings. The molecule has 0 saturated carbocycles. The van der Waals surface area contributed by atoms with Gasteiger partial charge in [-0.15, -0.1) is 0 Å². The second-order valence-electron chi connectivity index (χ2n) is 8.19. The third kappa shape index (κ3) is 5.51. The van der Waals surface area contributed by atoms with E-state index >= 15 is 0 Å². The smallest absolute Gasteiger partial charge is 0.243 e. The fourth-order valence-electron chi connectivity index (χ4n) is 3.76. The summed E-state index contributed by atoms with van der Waals surface area (Å²) >= 11 is 0. The van der Waals surface area contributed by atoms with E-state index in [-0.39, 0.29) is 30.4 Å². The molecule has 3 aromatic rings. The Balaban J connectivity index is 1.89. The summed E-state index contributed by atoms with van der Waals surface area (Å²) in [6.45, 7) is 8.69. The molecule has 1 atom stereocenters. The summed E-state index contributed by atoms with van der Waals surface area (Å²) in [5.74, 6) is 0.713. The van der Waals surface area contributed by atoms with Crippen LogP contribution in [0, 0.1) is 0 Å². The first kappa shape index (κ1) is 22.5. The van der Waals surface area contributed by atoms with E-state index < -0.39 is 0 Å². The molecule has 0 aliphatic heterocycles. The molecule has 0 fully saturated rings. The number of rotatable bonds is 9. The highest BCUT2D eigenvalue weighted by Gasteiger charge is 2.23. The Morgan fingerprint density at radius 2 is 1.71 bits per heavy atom. The number of hydrogen-bond donors (Lipinski definition) is 1. The maximum Gasteiger partial charge on any atom is 0.243 e. The van der Waals surface area contributed by atoms with E-state index in [4.69, 9.17) is 4.98 Å². The van der Waals surface area contributed by atoms with Crippen molar-refractivity contribution in [1.29, 1.82) is 0 Å². The van der Waals surface area contributed by atoms with Gasteiger partial charge in [0.1, 0.15) is 12.4 Å². The first-order valence-corrected chi connectivity index (χ1v) is 11.0. The Bertz CT molecular complexity index is 1030. The lowest BCUT2D eigenvalue weighted by molar-refractivity contribution is -0.134. The maximum absolute atomic E-state index is 13.4. The van der Waals surface area contributed by atoms with Crippen LogP contribution in [0.15, 0.2) is 54.6 Å². The van der Waals surface area contributed by atoms with Crippen molar-refractivity contribution in [3.63, 3.8) is 0 Å². The molecule has 1 N–H and O–H groups in total. The molecular formula is C25H32N4O2. The molecule has 1 aromatic heterocycles. The third-order valence-electron chi connectivity index (χ3n) is 5.36. The van der Waals surface area contributed by atoms with Crippen molar-refractivity contribution in [2.45, 2.75) is 65.7 Å². The quantitative estimate of drug-likeness (QED) is 0.556. The summed E-state index contributed by atoms with van der Waals surface area (Å²) in [6, 6.07) is 17.6. The van der Waals surface area contributed by atoms with Crippen molar-refractivity contribution in [3.8, 4) is 0 Å². The summed E-state index contributed by atoms with van der Waals surface area (Å²) in [4.78, 5) is 32.2. The molecule has 0 spiro atoms. The molecular weight excluding hydrogens is 388 g/mol. The summed E-state index contributed by atoms with van der Waals surface area (Å²) < 4.78 is 1.94. The number of imidazole rings is 1. The molecule has 0 aliphatic carbocycles. The van der Waals surface area contributed by atoms with Gasteiger partial charge in [0, 0.05) is 19.0 Å². The Hall–Kier alpha value is -3.15. The maximum atomic E-state index is 13.4. The number of carbonyl (C=O) groups is 2. The van der Waals surface area contributed by atoms with Crippen LogP contribution in [0.3, 0.4) is 0 Å². The summed E-state index contributed by atoms with van der Waals surface area (Å²) in [5, 5.41) is 3.02. The number of fused-ring (bicyclic) bond motifs is 1. The number of carbonyl (C=O) groups excluding carboxylic acids is 2. The highest BCUT2D eigenvalue weighted by molar-refractivity contribution is 5.82. The highest BCUT2D eigenvalue weighted by Crippen LogP contribution is 2.22. The molecule has 2 amide bonds. The number of amides is 2. The van der Waals surface area contributed by atoms with Crippen LogP contribution in [0.2, 0.25) is 0 Å². The fraction of sp³-hybridized carbons (Fsp3) is 0.400. The van der Waals surface area contributed by atoms with E-state index in [2.05, 4.69) is 5.32 Å². The molecule has 0 saturated heterocycles. The molecule has 1 unspecified atom stereocenters. The minimum Gasteiger partial charge on any atom is -0.346 e. The Labute approximate surface area is 184 Å². The SMILES string of the molecule is CCCC(=O)NC(C)c1nc2ccccc2n1CC(=O)N(Cc1ccccc1)C(C)C. The number of nitrogens with one attached hydrogen (secondary N) is 1. The van der Waals surface area contributed by atoms with Crippen LogP contribution in [0.4, 0.5) is 0 Å². The van der Waals surface area contributed by atoms with Crippen molar-refractivity contribution >= 4 is 22.8 Å². The third-order valence-corrected chi connectivity index (χ3v) is 5.36. The molecule has 3 rings (SSSR count). The minimum absolute atomic E-state index is 0.00665. The van der Waals surface area contributed by atoms with Crippen LogP contribution in [0.1, 0.15) is 58.0 Å². The van der Waals surface area contributed by atoms with Crippen LogP contribution >= 0.6 is 0 Å². The van der Waals surface area contributed by atoms with Crippen LogP contribution in [-0.2, 0) is 22.7 Å². The van der Waals surface area contributed by atoms with Gasteiger partial charge in [-0.3, -0.25) is 9.59 Å². The number of nitrogens with zero attached hydrogens (tertiary/aromatic N) is 3. The zero-order valence-electron chi connectivity index (χ0n) is 18.8. The lowest BCUT2D eigenvalue weighted by Crippen LogP contribution is -2.39. The van der Waals surface area contributed by atoms with Gasteiger partial charge in [-0.25, -0.2) is 4.98 Å². The molecule has 31 heavy (non-hydrogen) atoms. The molecule has 6 nitrogen and oxygen atoms in total.